The van der Waals surface area contributed by atoms with Gasteiger partial charge in [0, 0.05) is 49.9 Å². The van der Waals surface area contributed by atoms with Crippen molar-refractivity contribution in [1.82, 2.24) is 15.1 Å². The highest BCUT2D eigenvalue weighted by atomic mass is 16.6. The Morgan fingerprint density at radius 2 is 2.10 bits per heavy atom. The van der Waals surface area contributed by atoms with Gasteiger partial charge in [0.1, 0.15) is 0 Å². The van der Waals surface area contributed by atoms with E-state index in [9.17, 15) is 10.1 Å². The third kappa shape index (κ3) is 4.00. The molecular weight excluding hydrogens is 268 g/mol. The van der Waals surface area contributed by atoms with Crippen molar-refractivity contribution in [2.75, 3.05) is 40.3 Å². The van der Waals surface area contributed by atoms with Crippen LogP contribution < -0.4 is 5.32 Å². The second-order valence-corrected chi connectivity index (χ2v) is 5.84. The number of hydrogen-bond acceptors (Lipinski definition) is 5. The van der Waals surface area contributed by atoms with E-state index < -0.39 is 0 Å². The molecule has 1 aromatic rings. The Bertz CT molecular complexity index is 494. The summed E-state index contributed by atoms with van der Waals surface area (Å²) in [6.45, 7) is 5.98. The van der Waals surface area contributed by atoms with Gasteiger partial charge in [0.25, 0.3) is 5.69 Å². The Hall–Kier alpha value is -1.50. The molecule has 1 saturated heterocycles. The largest absolute Gasteiger partial charge is 0.308 e. The Balaban J connectivity index is 1.98. The first kappa shape index (κ1) is 15.9. The zero-order valence-electron chi connectivity index (χ0n) is 13.0. The average Bonchev–Trinajstić information content (AvgIpc) is 2.47. The molecule has 0 saturated carbocycles. The van der Waals surface area contributed by atoms with E-state index in [1.807, 2.05) is 19.1 Å². The number of rotatable bonds is 5. The zero-order valence-corrected chi connectivity index (χ0v) is 13.0. The van der Waals surface area contributed by atoms with E-state index in [1.54, 1.807) is 12.1 Å². The van der Waals surface area contributed by atoms with Crippen molar-refractivity contribution in [2.24, 2.45) is 0 Å². The maximum absolute atomic E-state index is 11.1. The van der Waals surface area contributed by atoms with Gasteiger partial charge >= 0.3 is 0 Å². The predicted molar refractivity (Wildman–Crippen MR) is 83.4 cm³/mol. The third-order valence-electron chi connectivity index (χ3n) is 4.24. The van der Waals surface area contributed by atoms with Crippen molar-refractivity contribution in [3.05, 3.63) is 39.9 Å². The van der Waals surface area contributed by atoms with Crippen LogP contribution in [0.25, 0.3) is 0 Å². The van der Waals surface area contributed by atoms with E-state index in [2.05, 4.69) is 29.2 Å². The van der Waals surface area contributed by atoms with Gasteiger partial charge in [-0.1, -0.05) is 18.2 Å². The molecule has 1 aromatic carbocycles. The summed E-state index contributed by atoms with van der Waals surface area (Å²) in [4.78, 5) is 15.4. The van der Waals surface area contributed by atoms with E-state index in [4.69, 9.17) is 0 Å². The maximum Gasteiger partial charge on any atom is 0.274 e. The first-order valence-electron chi connectivity index (χ1n) is 7.34. The lowest BCUT2D eigenvalue weighted by Gasteiger charge is -2.38. The minimum Gasteiger partial charge on any atom is -0.308 e. The maximum atomic E-state index is 11.1. The topological polar surface area (TPSA) is 61.6 Å². The second kappa shape index (κ2) is 6.98. The highest BCUT2D eigenvalue weighted by Crippen LogP contribution is 2.24. The predicted octanol–water partition coefficient (Wildman–Crippen LogP) is 1.49. The van der Waals surface area contributed by atoms with E-state index >= 15 is 0 Å². The normalized spacial score (nSPS) is 22.1. The number of nitrogens with zero attached hydrogens (tertiary/aromatic N) is 3. The molecule has 2 rings (SSSR count). The van der Waals surface area contributed by atoms with Crippen LogP contribution in [-0.4, -0.2) is 61.0 Å². The number of piperazine rings is 1. The molecule has 2 unspecified atom stereocenters. The van der Waals surface area contributed by atoms with E-state index in [-0.39, 0.29) is 16.7 Å². The van der Waals surface area contributed by atoms with Crippen molar-refractivity contribution in [1.29, 1.82) is 0 Å². The van der Waals surface area contributed by atoms with Gasteiger partial charge in [-0.2, -0.15) is 0 Å². The van der Waals surface area contributed by atoms with Gasteiger partial charge in [-0.3, -0.25) is 15.0 Å². The van der Waals surface area contributed by atoms with Gasteiger partial charge in [0.05, 0.1) is 4.92 Å². The summed E-state index contributed by atoms with van der Waals surface area (Å²) in [6, 6.07) is 7.35. The number of nitrogens with one attached hydrogen (secondary N) is 1. The van der Waals surface area contributed by atoms with Crippen LogP contribution >= 0.6 is 0 Å². The molecule has 0 spiro atoms. The fraction of sp³-hybridized carbons (Fsp3) is 0.600. The van der Waals surface area contributed by atoms with Crippen LogP contribution in [0, 0.1) is 10.1 Å². The van der Waals surface area contributed by atoms with Gasteiger partial charge < -0.3 is 10.2 Å². The lowest BCUT2D eigenvalue weighted by atomic mass is 10.1. The fourth-order valence-electron chi connectivity index (χ4n) is 2.76. The minimum absolute atomic E-state index is 0.0350. The summed E-state index contributed by atoms with van der Waals surface area (Å²) < 4.78 is 0. The monoisotopic (exact) mass is 292 g/mol. The van der Waals surface area contributed by atoms with Crippen LogP contribution in [0.5, 0.6) is 0 Å². The molecule has 21 heavy (non-hydrogen) atoms. The number of nitro groups is 1. The molecule has 0 aromatic heterocycles. The van der Waals surface area contributed by atoms with Gasteiger partial charge in [-0.25, -0.2) is 0 Å². The zero-order chi connectivity index (χ0) is 15.4. The smallest absolute Gasteiger partial charge is 0.274 e. The number of likely N-dealkylation sites (N-methyl/N-ethyl adjacent to an activating group) is 2. The number of para-hydroxylation sites is 1. The number of nitro benzene ring substituents is 1. The highest BCUT2D eigenvalue weighted by molar-refractivity contribution is 5.41. The average molecular weight is 292 g/mol. The fourth-order valence-corrected chi connectivity index (χ4v) is 2.76. The van der Waals surface area contributed by atoms with Crippen LogP contribution in [0.1, 0.15) is 18.5 Å². The Morgan fingerprint density at radius 1 is 1.38 bits per heavy atom. The van der Waals surface area contributed by atoms with Crippen molar-refractivity contribution >= 4 is 5.69 Å². The molecule has 1 aliphatic heterocycles. The summed E-state index contributed by atoms with van der Waals surface area (Å²) in [5.74, 6) is 0. The molecule has 1 aliphatic rings. The molecule has 6 nitrogen and oxygen atoms in total. The van der Waals surface area contributed by atoms with E-state index in [1.165, 1.54) is 0 Å². The molecule has 0 bridgehead atoms. The van der Waals surface area contributed by atoms with Crippen LogP contribution in [-0.2, 0) is 0 Å². The molecular formula is C15H24N4O2. The molecule has 6 heteroatoms. The van der Waals surface area contributed by atoms with Crippen molar-refractivity contribution in [3.8, 4) is 0 Å². The third-order valence-corrected chi connectivity index (χ3v) is 4.24. The molecule has 116 valence electrons. The van der Waals surface area contributed by atoms with Gasteiger partial charge in [-0.15, -0.1) is 0 Å². The first-order valence-corrected chi connectivity index (χ1v) is 7.34. The van der Waals surface area contributed by atoms with Gasteiger partial charge in [0.2, 0.25) is 0 Å². The summed E-state index contributed by atoms with van der Waals surface area (Å²) >= 11 is 0. The minimum atomic E-state index is -0.311. The van der Waals surface area contributed by atoms with E-state index in [0.717, 1.165) is 31.7 Å². The van der Waals surface area contributed by atoms with Crippen LogP contribution in [0.4, 0.5) is 5.69 Å². The van der Waals surface area contributed by atoms with Crippen LogP contribution in [0.15, 0.2) is 24.3 Å². The van der Waals surface area contributed by atoms with Crippen molar-refractivity contribution in [2.45, 2.75) is 19.0 Å². The molecule has 0 radical (unpaired) electrons. The second-order valence-electron chi connectivity index (χ2n) is 5.84. The number of hydrogen-bond donors (Lipinski definition) is 1. The van der Waals surface area contributed by atoms with Crippen LogP contribution in [0.3, 0.4) is 0 Å². The number of benzene rings is 1. The van der Waals surface area contributed by atoms with Crippen LogP contribution in [0.2, 0.25) is 0 Å². The van der Waals surface area contributed by atoms with Crippen molar-refractivity contribution in [3.63, 3.8) is 0 Å². The molecule has 1 N–H and O–H groups in total. The Kier molecular flexibility index (Phi) is 5.27. The Morgan fingerprint density at radius 3 is 2.81 bits per heavy atom. The molecule has 0 aliphatic carbocycles. The summed E-state index contributed by atoms with van der Waals surface area (Å²) in [5.41, 5.74) is 0.931. The highest BCUT2D eigenvalue weighted by Gasteiger charge is 2.24. The molecule has 0 amide bonds. The quantitative estimate of drug-likeness (QED) is 0.658. The Labute approximate surface area is 125 Å². The lowest BCUT2D eigenvalue weighted by molar-refractivity contribution is -0.385. The molecule has 1 heterocycles. The summed E-state index contributed by atoms with van der Waals surface area (Å²) in [7, 11) is 4.26. The first-order chi connectivity index (χ1) is 9.99. The standard InChI is InChI=1S/C15H24N4O2/c1-12(14-6-4-5-7-15(14)19(20)21)16-10-13-11-17(2)8-9-18(13)3/h4-7,12-13,16H,8-11H2,1-3H3. The van der Waals surface area contributed by atoms with Crippen molar-refractivity contribution < 1.29 is 4.92 Å². The van der Waals surface area contributed by atoms with Gasteiger partial charge in [-0.05, 0) is 21.0 Å². The van der Waals surface area contributed by atoms with E-state index in [0.29, 0.717) is 6.04 Å². The lowest BCUT2D eigenvalue weighted by Crippen LogP contribution is -2.53. The molecule has 1 fully saturated rings. The van der Waals surface area contributed by atoms with Gasteiger partial charge in [0.15, 0.2) is 0 Å². The molecule has 2 atom stereocenters. The SMILES string of the molecule is CC(NCC1CN(C)CCN1C)c1ccccc1[N+](=O)[O-]. The summed E-state index contributed by atoms with van der Waals surface area (Å²) in [6.07, 6.45) is 0. The summed E-state index contributed by atoms with van der Waals surface area (Å²) in [5, 5.41) is 14.5.